The van der Waals surface area contributed by atoms with E-state index in [0.29, 0.717) is 5.92 Å². The lowest BCUT2D eigenvalue weighted by molar-refractivity contribution is 0.420. The molecule has 0 aliphatic carbocycles. The molecule has 44 heavy (non-hydrogen) atoms. The van der Waals surface area contributed by atoms with Gasteiger partial charge in [-0.2, -0.15) is 5.10 Å². The topological polar surface area (TPSA) is 65.3 Å². The van der Waals surface area contributed by atoms with E-state index >= 15 is 0 Å². The maximum atomic E-state index is 6.28. The molecule has 0 saturated heterocycles. The van der Waals surface area contributed by atoms with Gasteiger partial charge in [-0.1, -0.05) is 58.8 Å². The molecule has 1 aliphatic heterocycles. The Morgan fingerprint density at radius 2 is 1.89 bits per heavy atom. The summed E-state index contributed by atoms with van der Waals surface area (Å²) >= 11 is 0. The van der Waals surface area contributed by atoms with Crippen LogP contribution in [-0.4, -0.2) is 35.1 Å². The van der Waals surface area contributed by atoms with Crippen molar-refractivity contribution in [1.82, 2.24) is 9.99 Å². The molecule has 7 nitrogen and oxygen atoms in total. The highest BCUT2D eigenvalue weighted by atomic mass is 16.5. The first kappa shape index (κ1) is 34.4. The standard InChI is InChI=1S/C37H52N6O/c1-10-15-20-38-36(35-29(8)23-30(9)37(41-35)42(21-16-11-2)26-27(6)12-3)40-31-17-18-34(28(7)24-31)44-33-19-22-43(39-14-5)32(13-4)25-33/h13-15,17-20,22-25,27H,10-12,16,21,26H2,1-9H3,(H,38,40)/b20-15+,32-13+,39-14-. The summed E-state index contributed by atoms with van der Waals surface area (Å²) in [7, 11) is 0. The summed E-state index contributed by atoms with van der Waals surface area (Å²) in [5, 5.41) is 9.77. The molecule has 1 unspecified atom stereocenters. The van der Waals surface area contributed by atoms with Crippen molar-refractivity contribution in [2.24, 2.45) is 16.0 Å². The minimum Gasteiger partial charge on any atom is -0.457 e. The van der Waals surface area contributed by atoms with Gasteiger partial charge in [0.1, 0.15) is 23.0 Å². The predicted octanol–water partition coefficient (Wildman–Crippen LogP) is 9.44. The number of unbranched alkanes of at least 4 members (excludes halogenated alkanes) is 1. The SMILES string of the molecule is C/C=N\N1C=CC(Oc2ccc(NC(=N/C=C/CC)c3nc(N(CCCC)CC(C)CC)c(C)cc3C)cc2C)=C/C1=C\C. The van der Waals surface area contributed by atoms with Crippen molar-refractivity contribution >= 4 is 23.6 Å². The summed E-state index contributed by atoms with van der Waals surface area (Å²) in [5.74, 6) is 3.92. The minimum atomic E-state index is 0.591. The largest absolute Gasteiger partial charge is 0.457 e. The van der Waals surface area contributed by atoms with E-state index in [1.165, 1.54) is 5.56 Å². The number of aryl methyl sites for hydroxylation is 3. The smallest absolute Gasteiger partial charge is 0.156 e. The first-order valence-corrected chi connectivity index (χ1v) is 16.1. The van der Waals surface area contributed by atoms with Crippen LogP contribution >= 0.6 is 0 Å². The molecule has 1 atom stereocenters. The average molecular weight is 597 g/mol. The van der Waals surface area contributed by atoms with Crippen LogP contribution in [0, 0.1) is 26.7 Å². The van der Waals surface area contributed by atoms with Crippen molar-refractivity contribution < 1.29 is 4.74 Å². The molecule has 1 aliphatic rings. The van der Waals surface area contributed by atoms with Gasteiger partial charge in [0.25, 0.3) is 0 Å². The number of aromatic nitrogens is 1. The maximum Gasteiger partial charge on any atom is 0.156 e. The Kier molecular flexibility index (Phi) is 13.5. The first-order chi connectivity index (χ1) is 21.2. The average Bonchev–Trinajstić information content (AvgIpc) is 3.01. The van der Waals surface area contributed by atoms with Crippen LogP contribution in [-0.2, 0) is 0 Å². The minimum absolute atomic E-state index is 0.591. The molecule has 7 heteroatoms. The van der Waals surface area contributed by atoms with E-state index in [4.69, 9.17) is 14.7 Å². The van der Waals surface area contributed by atoms with Crippen molar-refractivity contribution in [1.29, 1.82) is 0 Å². The number of nitrogens with zero attached hydrogens (tertiary/aromatic N) is 5. The fourth-order valence-corrected chi connectivity index (χ4v) is 4.93. The highest BCUT2D eigenvalue weighted by Crippen LogP contribution is 2.28. The number of hydrazone groups is 1. The third kappa shape index (κ3) is 9.43. The number of amidine groups is 1. The van der Waals surface area contributed by atoms with E-state index in [9.17, 15) is 0 Å². The molecule has 0 bridgehead atoms. The molecule has 3 rings (SSSR count). The molecule has 2 aromatic rings. The number of anilines is 2. The summed E-state index contributed by atoms with van der Waals surface area (Å²) in [6.07, 6.45) is 17.9. The number of nitrogens with one attached hydrogen (secondary N) is 1. The summed E-state index contributed by atoms with van der Waals surface area (Å²) < 4.78 is 6.28. The van der Waals surface area contributed by atoms with Gasteiger partial charge in [-0.15, -0.1) is 0 Å². The van der Waals surface area contributed by atoms with E-state index in [1.54, 1.807) is 6.21 Å². The van der Waals surface area contributed by atoms with Crippen molar-refractivity contribution in [3.05, 3.63) is 94.8 Å². The van der Waals surface area contributed by atoms with Crippen LogP contribution < -0.4 is 15.0 Å². The molecule has 0 saturated carbocycles. The Bertz CT molecular complexity index is 1430. The zero-order chi connectivity index (χ0) is 32.1. The van der Waals surface area contributed by atoms with Crippen LogP contribution in [0.15, 0.2) is 82.5 Å². The Labute approximate surface area is 265 Å². The van der Waals surface area contributed by atoms with Crippen LogP contribution in [0.5, 0.6) is 5.75 Å². The van der Waals surface area contributed by atoms with E-state index in [0.717, 1.165) is 90.1 Å². The highest BCUT2D eigenvalue weighted by molar-refractivity contribution is 6.08. The summed E-state index contributed by atoms with van der Waals surface area (Å²) in [4.78, 5) is 12.6. The van der Waals surface area contributed by atoms with Gasteiger partial charge in [-0.05, 0) is 94.3 Å². The van der Waals surface area contributed by atoms with Gasteiger partial charge >= 0.3 is 0 Å². The van der Waals surface area contributed by atoms with Gasteiger partial charge in [0.2, 0.25) is 0 Å². The van der Waals surface area contributed by atoms with E-state index < -0.39 is 0 Å². The normalized spacial score (nSPS) is 15.4. The number of hydrogen-bond donors (Lipinski definition) is 1. The molecular weight excluding hydrogens is 544 g/mol. The van der Waals surface area contributed by atoms with Crippen LogP contribution in [0.4, 0.5) is 11.5 Å². The third-order valence-electron chi connectivity index (χ3n) is 7.59. The lowest BCUT2D eigenvalue weighted by Crippen LogP contribution is -2.32. The van der Waals surface area contributed by atoms with Gasteiger partial charge in [0.05, 0.1) is 5.70 Å². The number of benzene rings is 1. The number of allylic oxidation sites excluding steroid dienone is 4. The first-order valence-electron chi connectivity index (χ1n) is 16.1. The Morgan fingerprint density at radius 3 is 2.55 bits per heavy atom. The van der Waals surface area contributed by atoms with Crippen LogP contribution in [0.25, 0.3) is 0 Å². The number of pyridine rings is 1. The molecule has 236 valence electrons. The van der Waals surface area contributed by atoms with Gasteiger partial charge in [-0.3, -0.25) is 0 Å². The van der Waals surface area contributed by atoms with E-state index in [1.807, 2.05) is 61.6 Å². The number of ether oxygens (including phenoxy) is 1. The second kappa shape index (κ2) is 17.2. The number of hydrogen-bond acceptors (Lipinski definition) is 6. The maximum absolute atomic E-state index is 6.28. The lowest BCUT2D eigenvalue weighted by Gasteiger charge is -2.29. The van der Waals surface area contributed by atoms with Crippen molar-refractivity contribution in [3.8, 4) is 5.75 Å². The fourth-order valence-electron chi connectivity index (χ4n) is 4.93. The number of aliphatic imine (C=N–C) groups is 1. The van der Waals surface area contributed by atoms with Gasteiger partial charge in [0, 0.05) is 43.5 Å². The zero-order valence-corrected chi connectivity index (χ0v) is 28.3. The second-order valence-corrected chi connectivity index (χ2v) is 11.4. The van der Waals surface area contributed by atoms with Crippen molar-refractivity contribution in [2.45, 2.75) is 88.0 Å². The monoisotopic (exact) mass is 596 g/mol. The lowest BCUT2D eigenvalue weighted by atomic mass is 10.1. The molecule has 0 fully saturated rings. The quantitative estimate of drug-likeness (QED) is 0.174. The summed E-state index contributed by atoms with van der Waals surface area (Å²) in [6, 6.07) is 8.36. The summed E-state index contributed by atoms with van der Waals surface area (Å²) in [5.41, 5.74) is 6.05. The molecule has 2 heterocycles. The Balaban J connectivity index is 1.93. The highest BCUT2D eigenvalue weighted by Gasteiger charge is 2.19. The number of rotatable bonds is 14. The van der Waals surface area contributed by atoms with Crippen molar-refractivity contribution in [2.75, 3.05) is 23.3 Å². The Morgan fingerprint density at radius 1 is 1.09 bits per heavy atom. The molecule has 0 spiro atoms. The van der Waals surface area contributed by atoms with Gasteiger partial charge in [0.15, 0.2) is 5.84 Å². The molecule has 0 amide bonds. The molecule has 1 aromatic carbocycles. The Hall–Kier alpha value is -4.13. The van der Waals surface area contributed by atoms with Crippen molar-refractivity contribution in [3.63, 3.8) is 0 Å². The van der Waals surface area contributed by atoms with Crippen LogP contribution in [0.1, 0.15) is 89.6 Å². The zero-order valence-electron chi connectivity index (χ0n) is 28.3. The summed E-state index contributed by atoms with van der Waals surface area (Å²) in [6.45, 7) is 21.2. The van der Waals surface area contributed by atoms with E-state index in [2.05, 4.69) is 82.0 Å². The molecule has 0 radical (unpaired) electrons. The van der Waals surface area contributed by atoms with E-state index in [-0.39, 0.29) is 0 Å². The van der Waals surface area contributed by atoms with Crippen LogP contribution in [0.3, 0.4) is 0 Å². The van der Waals surface area contributed by atoms with Gasteiger partial charge in [-0.25, -0.2) is 15.0 Å². The van der Waals surface area contributed by atoms with Crippen LogP contribution in [0.2, 0.25) is 0 Å². The third-order valence-corrected chi connectivity index (χ3v) is 7.59. The fraction of sp³-hybridized carbons (Fsp3) is 0.432. The van der Waals surface area contributed by atoms with Gasteiger partial charge < -0.3 is 15.0 Å². The molecular formula is C37H52N6O. The molecule has 1 aromatic heterocycles. The molecule has 1 N–H and O–H groups in total. The second-order valence-electron chi connectivity index (χ2n) is 11.4. The predicted molar refractivity (Wildman–Crippen MR) is 189 cm³/mol.